The average Bonchev–Trinajstić information content (AvgIpc) is 3.27. The van der Waals surface area contributed by atoms with Crippen molar-refractivity contribution in [3.63, 3.8) is 0 Å². The summed E-state index contributed by atoms with van der Waals surface area (Å²) in [5.74, 6) is -0.232. The zero-order valence-electron chi connectivity index (χ0n) is 18.3. The molecule has 168 valence electrons. The van der Waals surface area contributed by atoms with Crippen LogP contribution in [0.3, 0.4) is 0 Å². The Balaban J connectivity index is 1.57. The van der Waals surface area contributed by atoms with Gasteiger partial charge in [0.05, 0.1) is 17.6 Å². The molecule has 0 bridgehead atoms. The Labute approximate surface area is 188 Å². The van der Waals surface area contributed by atoms with E-state index in [2.05, 4.69) is 10.3 Å². The Morgan fingerprint density at radius 3 is 2.56 bits per heavy atom. The summed E-state index contributed by atoms with van der Waals surface area (Å²) in [5.41, 5.74) is 2.93. The van der Waals surface area contributed by atoms with Gasteiger partial charge in [0.25, 0.3) is 5.91 Å². The highest BCUT2D eigenvalue weighted by molar-refractivity contribution is 7.89. The predicted molar refractivity (Wildman–Crippen MR) is 122 cm³/mol. The lowest BCUT2D eigenvalue weighted by molar-refractivity contribution is 0.0980. The molecule has 0 saturated heterocycles. The number of aryl methyl sites for hydroxylation is 1. The average molecular weight is 454 g/mol. The summed E-state index contributed by atoms with van der Waals surface area (Å²) in [6, 6.07) is 14.9. The Bertz CT molecular complexity index is 1200. The van der Waals surface area contributed by atoms with Gasteiger partial charge in [-0.05, 0) is 42.2 Å². The van der Waals surface area contributed by atoms with Crippen LogP contribution >= 0.6 is 0 Å². The summed E-state index contributed by atoms with van der Waals surface area (Å²) < 4.78 is 28.9. The molecule has 32 heavy (non-hydrogen) atoms. The molecule has 2 heterocycles. The van der Waals surface area contributed by atoms with E-state index in [4.69, 9.17) is 0 Å². The lowest BCUT2D eigenvalue weighted by Crippen LogP contribution is -2.36. The van der Waals surface area contributed by atoms with Crippen molar-refractivity contribution in [1.29, 1.82) is 0 Å². The number of nitrogens with zero attached hydrogens (tertiary/aromatic N) is 5. The van der Waals surface area contributed by atoms with Crippen LogP contribution in [0.5, 0.6) is 0 Å². The van der Waals surface area contributed by atoms with Crippen molar-refractivity contribution in [2.24, 2.45) is 0 Å². The van der Waals surface area contributed by atoms with E-state index in [9.17, 15) is 13.2 Å². The van der Waals surface area contributed by atoms with Gasteiger partial charge in [-0.3, -0.25) is 4.79 Å². The maximum absolute atomic E-state index is 13.2. The third kappa shape index (κ3) is 4.31. The quantitative estimate of drug-likeness (QED) is 0.549. The number of aromatic nitrogens is 3. The van der Waals surface area contributed by atoms with Crippen molar-refractivity contribution in [2.75, 3.05) is 24.5 Å². The first kappa shape index (κ1) is 22.2. The molecule has 0 radical (unpaired) electrons. The molecule has 0 saturated carbocycles. The van der Waals surface area contributed by atoms with Gasteiger partial charge in [0, 0.05) is 25.3 Å². The van der Waals surface area contributed by atoms with Gasteiger partial charge in [-0.25, -0.2) is 13.1 Å². The molecule has 1 amide bonds. The highest BCUT2D eigenvalue weighted by Crippen LogP contribution is 2.31. The Kier molecular flexibility index (Phi) is 6.38. The van der Waals surface area contributed by atoms with Crippen LogP contribution in [0.4, 0.5) is 5.69 Å². The monoisotopic (exact) mass is 453 g/mol. The normalized spacial score (nSPS) is 13.9. The van der Waals surface area contributed by atoms with Crippen LogP contribution in [0.15, 0.2) is 59.6 Å². The number of anilines is 1. The van der Waals surface area contributed by atoms with Crippen molar-refractivity contribution in [2.45, 2.75) is 38.1 Å². The van der Waals surface area contributed by atoms with Crippen LogP contribution in [-0.4, -0.2) is 53.3 Å². The van der Waals surface area contributed by atoms with Crippen LogP contribution < -0.4 is 4.90 Å². The van der Waals surface area contributed by atoms with E-state index in [1.54, 1.807) is 34.0 Å². The molecule has 0 unspecified atom stereocenters. The van der Waals surface area contributed by atoms with Crippen molar-refractivity contribution < 1.29 is 13.2 Å². The highest BCUT2D eigenvalue weighted by Gasteiger charge is 2.28. The smallest absolute Gasteiger partial charge is 0.280 e. The highest BCUT2D eigenvalue weighted by atomic mass is 32.2. The molecule has 1 aliphatic heterocycles. The molecule has 2 aromatic carbocycles. The van der Waals surface area contributed by atoms with E-state index in [0.717, 1.165) is 29.7 Å². The minimum atomic E-state index is -3.55. The van der Waals surface area contributed by atoms with E-state index in [0.29, 0.717) is 26.2 Å². The summed E-state index contributed by atoms with van der Waals surface area (Å²) in [6.45, 7) is 5.57. The standard InChI is InChI=1S/C23H27N5O3S/c1-3-27(4-2)32(30,31)20-12-13-22-19(15-20)11-8-14-28(22)23(29)21-17-26(25-24-21)16-18-9-6-5-7-10-18/h5-7,9-10,12-13,15,17H,3-4,8,11,14,16H2,1-2H3. The molecule has 0 spiro atoms. The molecular formula is C23H27N5O3S. The van der Waals surface area contributed by atoms with Crippen LogP contribution in [0.1, 0.15) is 41.9 Å². The third-order valence-electron chi connectivity index (χ3n) is 5.70. The Morgan fingerprint density at radius 1 is 1.09 bits per heavy atom. The second-order valence-electron chi connectivity index (χ2n) is 7.73. The molecule has 0 N–H and O–H groups in total. The topological polar surface area (TPSA) is 88.4 Å². The summed E-state index contributed by atoms with van der Waals surface area (Å²) >= 11 is 0. The summed E-state index contributed by atoms with van der Waals surface area (Å²) in [6.07, 6.45) is 3.13. The fourth-order valence-electron chi connectivity index (χ4n) is 4.04. The van der Waals surface area contributed by atoms with E-state index < -0.39 is 10.0 Å². The second-order valence-corrected chi connectivity index (χ2v) is 9.67. The zero-order chi connectivity index (χ0) is 22.7. The molecule has 3 aromatic rings. The van der Waals surface area contributed by atoms with Crippen LogP contribution in [0.25, 0.3) is 0 Å². The molecule has 0 fully saturated rings. The van der Waals surface area contributed by atoms with Crippen molar-refractivity contribution in [1.82, 2.24) is 19.3 Å². The number of rotatable bonds is 7. The third-order valence-corrected chi connectivity index (χ3v) is 7.75. The maximum atomic E-state index is 13.2. The largest absolute Gasteiger partial charge is 0.307 e. The van der Waals surface area contributed by atoms with E-state index in [-0.39, 0.29) is 16.5 Å². The maximum Gasteiger partial charge on any atom is 0.280 e. The molecule has 1 aromatic heterocycles. The second kappa shape index (κ2) is 9.22. The first-order chi connectivity index (χ1) is 15.4. The number of amides is 1. The number of hydrogen-bond donors (Lipinski definition) is 0. The molecule has 1 aliphatic rings. The first-order valence-electron chi connectivity index (χ1n) is 10.8. The van der Waals surface area contributed by atoms with E-state index >= 15 is 0 Å². The van der Waals surface area contributed by atoms with Gasteiger partial charge < -0.3 is 4.90 Å². The molecule has 0 aliphatic carbocycles. The minimum Gasteiger partial charge on any atom is -0.307 e. The fourth-order valence-corrected chi connectivity index (χ4v) is 5.55. The van der Waals surface area contributed by atoms with Gasteiger partial charge in [0.1, 0.15) is 0 Å². The molecule has 9 heteroatoms. The first-order valence-corrected chi connectivity index (χ1v) is 12.3. The number of fused-ring (bicyclic) bond motifs is 1. The van der Waals surface area contributed by atoms with Gasteiger partial charge in [0.15, 0.2) is 5.69 Å². The number of sulfonamides is 1. The molecule has 4 rings (SSSR count). The SMILES string of the molecule is CCN(CC)S(=O)(=O)c1ccc2c(c1)CCCN2C(=O)c1cn(Cc2ccccc2)nn1. The molecular weight excluding hydrogens is 426 g/mol. The van der Waals surface area contributed by atoms with Gasteiger partial charge in [-0.1, -0.05) is 49.4 Å². The Hall–Kier alpha value is -3.04. The van der Waals surface area contributed by atoms with Crippen LogP contribution in [0, 0.1) is 0 Å². The van der Waals surface area contributed by atoms with Crippen molar-refractivity contribution >= 4 is 21.6 Å². The van der Waals surface area contributed by atoms with Crippen molar-refractivity contribution in [3.05, 3.63) is 71.5 Å². The van der Waals surface area contributed by atoms with E-state index in [1.807, 2.05) is 44.2 Å². The van der Waals surface area contributed by atoms with Gasteiger partial charge in [0.2, 0.25) is 10.0 Å². The summed E-state index contributed by atoms with van der Waals surface area (Å²) in [5, 5.41) is 8.18. The number of benzene rings is 2. The number of carbonyl (C=O) groups excluding carboxylic acids is 1. The fraction of sp³-hybridized carbons (Fsp3) is 0.348. The van der Waals surface area contributed by atoms with Gasteiger partial charge in [-0.2, -0.15) is 4.31 Å². The lowest BCUT2D eigenvalue weighted by Gasteiger charge is -2.29. The van der Waals surface area contributed by atoms with Gasteiger partial charge in [-0.15, -0.1) is 5.10 Å². The van der Waals surface area contributed by atoms with E-state index in [1.165, 1.54) is 4.31 Å². The minimum absolute atomic E-state index is 0.232. The van der Waals surface area contributed by atoms with Gasteiger partial charge >= 0.3 is 0 Å². The van der Waals surface area contributed by atoms with Crippen LogP contribution in [0.2, 0.25) is 0 Å². The van der Waals surface area contributed by atoms with Crippen LogP contribution in [-0.2, 0) is 23.0 Å². The molecule has 0 atom stereocenters. The molecule has 8 nitrogen and oxygen atoms in total. The predicted octanol–water partition coefficient (Wildman–Crippen LogP) is 2.95. The summed E-state index contributed by atoms with van der Waals surface area (Å²) in [4.78, 5) is 15.1. The number of hydrogen-bond acceptors (Lipinski definition) is 5. The zero-order valence-corrected chi connectivity index (χ0v) is 19.1. The Morgan fingerprint density at radius 2 is 1.84 bits per heavy atom. The van der Waals surface area contributed by atoms with Crippen molar-refractivity contribution in [3.8, 4) is 0 Å². The number of carbonyl (C=O) groups is 1. The summed E-state index contributed by atoms with van der Waals surface area (Å²) in [7, 11) is -3.55. The lowest BCUT2D eigenvalue weighted by atomic mass is 10.0.